The number of carbonyl (C=O) groups excluding carboxylic acids is 1. The van der Waals surface area contributed by atoms with Crippen LogP contribution in [0.15, 0.2) is 18.2 Å². The molecule has 0 fully saturated rings. The summed E-state index contributed by atoms with van der Waals surface area (Å²) in [6.07, 6.45) is 0.973. The van der Waals surface area contributed by atoms with E-state index in [4.69, 9.17) is 9.47 Å². The van der Waals surface area contributed by atoms with Gasteiger partial charge in [0.15, 0.2) is 0 Å². The summed E-state index contributed by atoms with van der Waals surface area (Å²) in [5.41, 5.74) is 0.926. The number of rotatable bonds is 7. The molecule has 1 aromatic rings. The van der Waals surface area contributed by atoms with E-state index in [-0.39, 0.29) is 5.91 Å². The van der Waals surface area contributed by atoms with E-state index < -0.39 is 5.60 Å². The minimum Gasteiger partial charge on any atom is -0.493 e. The normalized spacial score (nSPS) is 11.2. The molecule has 1 aromatic carbocycles. The average molecular weight is 279 g/mol. The zero-order valence-corrected chi connectivity index (χ0v) is 13.1. The second-order valence-corrected chi connectivity index (χ2v) is 5.23. The molecular weight excluding hydrogens is 254 g/mol. The van der Waals surface area contributed by atoms with Crippen LogP contribution in [0.1, 0.15) is 39.7 Å². The maximum atomic E-state index is 12.1. The summed E-state index contributed by atoms with van der Waals surface area (Å²) >= 11 is 0. The van der Waals surface area contributed by atoms with Crippen molar-refractivity contribution < 1.29 is 14.3 Å². The number of nitrogens with one attached hydrogen (secondary N) is 1. The van der Waals surface area contributed by atoms with E-state index in [1.807, 2.05) is 32.0 Å². The van der Waals surface area contributed by atoms with Crippen molar-refractivity contribution in [2.45, 2.75) is 46.6 Å². The Labute approximate surface area is 121 Å². The van der Waals surface area contributed by atoms with Crippen LogP contribution in [0.3, 0.4) is 0 Å². The van der Waals surface area contributed by atoms with Crippen molar-refractivity contribution in [3.05, 3.63) is 23.8 Å². The van der Waals surface area contributed by atoms with E-state index in [0.717, 1.165) is 23.4 Å². The van der Waals surface area contributed by atoms with Gasteiger partial charge in [-0.05, 0) is 57.9 Å². The van der Waals surface area contributed by atoms with Crippen LogP contribution in [0, 0.1) is 6.92 Å². The molecule has 0 unspecified atom stereocenters. The molecule has 0 radical (unpaired) electrons. The highest BCUT2D eigenvalue weighted by atomic mass is 16.5. The number of anilines is 1. The maximum absolute atomic E-state index is 12.1. The molecule has 1 amide bonds. The van der Waals surface area contributed by atoms with E-state index in [0.29, 0.717) is 13.2 Å². The van der Waals surface area contributed by atoms with Crippen molar-refractivity contribution in [2.75, 3.05) is 18.5 Å². The van der Waals surface area contributed by atoms with Crippen molar-refractivity contribution in [1.82, 2.24) is 0 Å². The Hall–Kier alpha value is -1.55. The molecule has 0 aromatic heterocycles. The van der Waals surface area contributed by atoms with Gasteiger partial charge in [0, 0.05) is 12.3 Å². The van der Waals surface area contributed by atoms with Crippen molar-refractivity contribution in [3.8, 4) is 5.75 Å². The van der Waals surface area contributed by atoms with E-state index >= 15 is 0 Å². The summed E-state index contributed by atoms with van der Waals surface area (Å²) in [7, 11) is 0. The van der Waals surface area contributed by atoms with Gasteiger partial charge in [0.25, 0.3) is 5.91 Å². The lowest BCUT2D eigenvalue weighted by atomic mass is 10.1. The number of ether oxygens (including phenoxy) is 2. The molecule has 0 spiro atoms. The fraction of sp³-hybridized carbons (Fsp3) is 0.562. The minimum absolute atomic E-state index is 0.152. The predicted octanol–water partition coefficient (Wildman–Crippen LogP) is 3.54. The second-order valence-electron chi connectivity index (χ2n) is 5.23. The van der Waals surface area contributed by atoms with Gasteiger partial charge in [0.1, 0.15) is 11.4 Å². The van der Waals surface area contributed by atoms with Crippen LogP contribution in [0.25, 0.3) is 0 Å². The summed E-state index contributed by atoms with van der Waals surface area (Å²) < 4.78 is 11.0. The number of hydrogen-bond acceptors (Lipinski definition) is 3. The van der Waals surface area contributed by atoms with Gasteiger partial charge in [0.05, 0.1) is 6.61 Å². The molecule has 4 nitrogen and oxygen atoms in total. The van der Waals surface area contributed by atoms with Crippen LogP contribution < -0.4 is 10.1 Å². The molecule has 0 aliphatic heterocycles. The smallest absolute Gasteiger partial charge is 0.256 e. The van der Waals surface area contributed by atoms with E-state index in [9.17, 15) is 4.79 Å². The maximum Gasteiger partial charge on any atom is 0.256 e. The van der Waals surface area contributed by atoms with Crippen LogP contribution in [0.2, 0.25) is 0 Å². The Morgan fingerprint density at radius 2 is 2.00 bits per heavy atom. The number of aryl methyl sites for hydroxylation is 1. The lowest BCUT2D eigenvalue weighted by Gasteiger charge is -2.23. The zero-order chi connectivity index (χ0) is 15.2. The van der Waals surface area contributed by atoms with Crippen LogP contribution in [-0.2, 0) is 9.53 Å². The Morgan fingerprint density at radius 1 is 1.30 bits per heavy atom. The molecule has 4 heteroatoms. The molecule has 0 saturated carbocycles. The SMILES string of the molecule is CCCOc1ccc(NC(=O)C(C)(C)OCC)cc1C. The Balaban J connectivity index is 2.74. The second kappa shape index (κ2) is 7.29. The number of benzene rings is 1. The molecule has 0 bridgehead atoms. The third-order valence-electron chi connectivity index (χ3n) is 2.95. The number of carbonyl (C=O) groups is 1. The van der Waals surface area contributed by atoms with Gasteiger partial charge in [-0.3, -0.25) is 4.79 Å². The van der Waals surface area contributed by atoms with Crippen molar-refractivity contribution >= 4 is 11.6 Å². The summed E-state index contributed by atoms with van der Waals surface area (Å²) in [6, 6.07) is 5.64. The molecule has 20 heavy (non-hydrogen) atoms. The molecule has 1 rings (SSSR count). The van der Waals surface area contributed by atoms with Gasteiger partial charge in [-0.2, -0.15) is 0 Å². The van der Waals surface area contributed by atoms with Crippen LogP contribution >= 0.6 is 0 Å². The highest BCUT2D eigenvalue weighted by molar-refractivity contribution is 5.96. The summed E-state index contributed by atoms with van der Waals surface area (Å²) in [5.74, 6) is 0.704. The lowest BCUT2D eigenvalue weighted by molar-refractivity contribution is -0.136. The standard InChI is InChI=1S/C16H25NO3/c1-6-10-19-14-9-8-13(11-12(14)3)17-15(18)16(4,5)20-7-2/h8-9,11H,6-7,10H2,1-5H3,(H,17,18). The van der Waals surface area contributed by atoms with Crippen molar-refractivity contribution in [2.24, 2.45) is 0 Å². The predicted molar refractivity (Wildman–Crippen MR) is 81.3 cm³/mol. The van der Waals surface area contributed by atoms with Gasteiger partial charge >= 0.3 is 0 Å². The number of hydrogen-bond donors (Lipinski definition) is 1. The Kier molecular flexibility index (Phi) is 6.02. The fourth-order valence-electron chi connectivity index (χ4n) is 1.81. The molecule has 0 atom stereocenters. The van der Waals surface area contributed by atoms with Gasteiger partial charge in [-0.25, -0.2) is 0 Å². The average Bonchev–Trinajstić information content (AvgIpc) is 2.37. The van der Waals surface area contributed by atoms with Gasteiger partial charge in [0.2, 0.25) is 0 Å². The molecule has 0 aliphatic carbocycles. The lowest BCUT2D eigenvalue weighted by Crippen LogP contribution is -2.39. The van der Waals surface area contributed by atoms with E-state index in [1.54, 1.807) is 13.8 Å². The first-order valence-electron chi connectivity index (χ1n) is 7.09. The van der Waals surface area contributed by atoms with Gasteiger partial charge in [-0.15, -0.1) is 0 Å². The third-order valence-corrected chi connectivity index (χ3v) is 2.95. The monoisotopic (exact) mass is 279 g/mol. The molecule has 112 valence electrons. The fourth-order valence-corrected chi connectivity index (χ4v) is 1.81. The van der Waals surface area contributed by atoms with Crippen LogP contribution in [-0.4, -0.2) is 24.7 Å². The van der Waals surface area contributed by atoms with E-state index in [1.165, 1.54) is 0 Å². The van der Waals surface area contributed by atoms with Crippen LogP contribution in [0.5, 0.6) is 5.75 Å². The van der Waals surface area contributed by atoms with Gasteiger partial charge in [-0.1, -0.05) is 6.92 Å². The Bertz CT molecular complexity index is 455. The van der Waals surface area contributed by atoms with Crippen molar-refractivity contribution in [1.29, 1.82) is 0 Å². The van der Waals surface area contributed by atoms with Gasteiger partial charge < -0.3 is 14.8 Å². The zero-order valence-electron chi connectivity index (χ0n) is 13.1. The third kappa shape index (κ3) is 4.53. The molecular formula is C16H25NO3. The highest BCUT2D eigenvalue weighted by Crippen LogP contribution is 2.23. The molecule has 0 saturated heterocycles. The summed E-state index contributed by atoms with van der Waals surface area (Å²) in [5, 5.41) is 2.87. The summed E-state index contributed by atoms with van der Waals surface area (Å²) in [4.78, 5) is 12.1. The van der Waals surface area contributed by atoms with Crippen molar-refractivity contribution in [3.63, 3.8) is 0 Å². The molecule has 0 heterocycles. The first-order chi connectivity index (χ1) is 9.40. The minimum atomic E-state index is -0.833. The van der Waals surface area contributed by atoms with Crippen LogP contribution in [0.4, 0.5) is 5.69 Å². The Morgan fingerprint density at radius 3 is 2.55 bits per heavy atom. The largest absolute Gasteiger partial charge is 0.493 e. The first-order valence-corrected chi connectivity index (χ1v) is 7.09. The molecule has 1 N–H and O–H groups in total. The summed E-state index contributed by atoms with van der Waals surface area (Å²) in [6.45, 7) is 10.6. The quantitative estimate of drug-likeness (QED) is 0.830. The topological polar surface area (TPSA) is 47.6 Å². The molecule has 0 aliphatic rings. The number of amides is 1. The first kappa shape index (κ1) is 16.5. The van der Waals surface area contributed by atoms with E-state index in [2.05, 4.69) is 12.2 Å². The highest BCUT2D eigenvalue weighted by Gasteiger charge is 2.27.